The number of nitrogens with one attached hydrogen (secondary N) is 1. The van der Waals surface area contributed by atoms with Crippen LogP contribution in [-0.2, 0) is 38.9 Å². The van der Waals surface area contributed by atoms with Gasteiger partial charge in [0, 0.05) is 61.4 Å². The first-order valence-corrected chi connectivity index (χ1v) is 23.9. The summed E-state index contributed by atoms with van der Waals surface area (Å²) in [5.74, 6) is -1.29. The molecule has 0 aliphatic carbocycles. The van der Waals surface area contributed by atoms with Crippen molar-refractivity contribution in [3.05, 3.63) is 183 Å². The number of piperidine rings is 1. The van der Waals surface area contributed by atoms with Gasteiger partial charge < -0.3 is 48.2 Å². The number of halogens is 1. The zero-order valence-electron chi connectivity index (χ0n) is 40.0. The Morgan fingerprint density at radius 1 is 0.775 bits per heavy atom. The molecule has 0 spiro atoms. The summed E-state index contributed by atoms with van der Waals surface area (Å²) < 4.78 is 46.7. The third kappa shape index (κ3) is 11.7. The van der Waals surface area contributed by atoms with Crippen molar-refractivity contribution < 1.29 is 47.5 Å². The quantitative estimate of drug-likeness (QED) is 0.0439. The molecule has 15 nitrogen and oxygen atoms in total. The summed E-state index contributed by atoms with van der Waals surface area (Å²) in [6.45, 7) is 4.36. The highest BCUT2D eigenvalue weighted by molar-refractivity contribution is 6.30. The van der Waals surface area contributed by atoms with Gasteiger partial charge in [-0.25, -0.2) is 4.79 Å². The highest BCUT2D eigenvalue weighted by atomic mass is 35.5. The van der Waals surface area contributed by atoms with Gasteiger partial charge in [-0.1, -0.05) is 84.4 Å². The van der Waals surface area contributed by atoms with Crippen LogP contribution in [0.4, 0.5) is 11.5 Å². The molecular weight excluding hydrogens is 928 g/mol. The maximum absolute atomic E-state index is 14.3. The first kappa shape index (κ1) is 50.5. The van der Waals surface area contributed by atoms with Crippen molar-refractivity contribution in [1.82, 2.24) is 9.55 Å². The van der Waals surface area contributed by atoms with Crippen LogP contribution in [-0.4, -0.2) is 91.8 Å². The molecule has 370 valence electrons. The molecule has 1 aromatic heterocycles. The number of carbonyl (C=O) groups excluding carboxylic acids is 3. The number of carbonyl (C=O) groups is 3. The van der Waals surface area contributed by atoms with Crippen LogP contribution in [0, 0.1) is 0 Å². The number of hydrogen-bond acceptors (Lipinski definition) is 13. The van der Waals surface area contributed by atoms with E-state index in [9.17, 15) is 19.2 Å². The van der Waals surface area contributed by atoms with Crippen LogP contribution in [0.1, 0.15) is 72.8 Å². The van der Waals surface area contributed by atoms with Crippen molar-refractivity contribution in [2.24, 2.45) is 0 Å². The summed E-state index contributed by atoms with van der Waals surface area (Å²) >= 11 is 6.24. The number of aromatic nitrogens is 2. The molecule has 8 rings (SSSR count). The molecule has 0 unspecified atom stereocenters. The lowest BCUT2D eigenvalue weighted by atomic mass is 9.80. The van der Waals surface area contributed by atoms with Crippen LogP contribution in [0.3, 0.4) is 0 Å². The number of Topliss-reactive ketones (excluding diaryl/α,β-unsaturated/α-hetero) is 1. The number of rotatable bonds is 20. The van der Waals surface area contributed by atoms with Crippen molar-refractivity contribution in [3.8, 4) is 11.5 Å². The monoisotopic (exact) mass is 984 g/mol. The predicted octanol–water partition coefficient (Wildman–Crippen LogP) is 8.77. The lowest BCUT2D eigenvalue weighted by Gasteiger charge is -2.44. The van der Waals surface area contributed by atoms with Crippen molar-refractivity contribution in [2.45, 2.75) is 75.5 Å². The molecule has 5 aromatic carbocycles. The Morgan fingerprint density at radius 3 is 1.93 bits per heavy atom. The maximum atomic E-state index is 14.3. The molecule has 2 aliphatic rings. The molecule has 1 N–H and O–H groups in total. The summed E-state index contributed by atoms with van der Waals surface area (Å²) in [6, 6.07) is 42.4. The van der Waals surface area contributed by atoms with E-state index in [1.165, 1.54) is 23.8 Å². The second-order valence-electron chi connectivity index (χ2n) is 17.2. The summed E-state index contributed by atoms with van der Waals surface area (Å²) in [4.78, 5) is 60.1. The van der Waals surface area contributed by atoms with E-state index in [1.807, 2.05) is 110 Å². The van der Waals surface area contributed by atoms with E-state index in [0.717, 1.165) is 22.4 Å². The average Bonchev–Trinajstić information content (AvgIpc) is 3.71. The van der Waals surface area contributed by atoms with Gasteiger partial charge in [0.15, 0.2) is 18.1 Å². The Hall–Kier alpha value is -6.88. The molecule has 2 saturated heterocycles. The van der Waals surface area contributed by atoms with E-state index in [4.69, 9.17) is 44.8 Å². The molecule has 16 heteroatoms. The van der Waals surface area contributed by atoms with Gasteiger partial charge >= 0.3 is 11.7 Å². The average molecular weight is 986 g/mol. The maximum Gasteiger partial charge on any atom is 0.351 e. The zero-order chi connectivity index (χ0) is 50.0. The first-order chi connectivity index (χ1) is 34.4. The Labute approximate surface area is 417 Å². The number of anilines is 2. The topological polar surface area (TPSA) is 166 Å². The van der Waals surface area contributed by atoms with Crippen LogP contribution >= 0.6 is 11.6 Å². The fraction of sp³-hybridized carbons (Fsp3) is 0.327. The van der Waals surface area contributed by atoms with Gasteiger partial charge in [-0.3, -0.25) is 14.2 Å². The molecule has 6 aromatic rings. The van der Waals surface area contributed by atoms with E-state index in [1.54, 1.807) is 44.6 Å². The molecule has 0 saturated carbocycles. The number of amides is 1. The van der Waals surface area contributed by atoms with E-state index < -0.39 is 53.5 Å². The van der Waals surface area contributed by atoms with Gasteiger partial charge in [-0.2, -0.15) is 4.98 Å². The van der Waals surface area contributed by atoms with Gasteiger partial charge in [-0.05, 0) is 97.3 Å². The van der Waals surface area contributed by atoms with Gasteiger partial charge in [0.1, 0.15) is 40.9 Å². The minimum absolute atomic E-state index is 0.00893. The van der Waals surface area contributed by atoms with Crippen LogP contribution in [0.5, 0.6) is 11.5 Å². The Bertz CT molecular complexity index is 2740. The number of hydrogen-bond donors (Lipinski definition) is 1. The van der Waals surface area contributed by atoms with Crippen LogP contribution in [0.2, 0.25) is 5.02 Å². The normalized spacial score (nSPS) is 18.6. The summed E-state index contributed by atoms with van der Waals surface area (Å²) in [6.07, 6.45) is -2.91. The molecule has 4 atom stereocenters. The molecule has 71 heavy (non-hydrogen) atoms. The predicted molar refractivity (Wildman–Crippen MR) is 267 cm³/mol. The standard InChI is InChI=1S/C55H57ClN4O11/c1-5-67-54(31-34-59(35-32-54)43-23-21-42(56)22-24-43)71-50-49(70-48(62)29-16-37(2)61)46(69-52(50)60-33-30-47(58-53(60)64)57-51(63)38-12-8-6-9-13-38)36-68-55(39-14-10-7-11-15-39,40-17-25-44(65-3)26-18-40)41-19-27-45(66-4)28-20-41/h6-15,17-28,30,33,46,49-50,52H,5,16,29,31-32,34-36H2,1-4H3,(H,57,58,63,64)/t46-,49-,50-,52-/m1/s1. The molecule has 0 bridgehead atoms. The third-order valence-corrected chi connectivity index (χ3v) is 13.0. The lowest BCUT2D eigenvalue weighted by molar-refractivity contribution is -0.286. The minimum atomic E-state index is -1.32. The Balaban J connectivity index is 1.22. The van der Waals surface area contributed by atoms with Crippen LogP contribution < -0.4 is 25.4 Å². The number of nitrogens with zero attached hydrogens (tertiary/aromatic N) is 3. The molecule has 0 radical (unpaired) electrons. The van der Waals surface area contributed by atoms with Crippen molar-refractivity contribution in [1.29, 1.82) is 0 Å². The number of ketones is 1. The number of ether oxygens (including phenoxy) is 7. The van der Waals surface area contributed by atoms with Crippen LogP contribution in [0.25, 0.3) is 0 Å². The molecular formula is C55H57ClN4O11. The van der Waals surface area contributed by atoms with Gasteiger partial charge in [0.05, 0.1) is 27.2 Å². The smallest absolute Gasteiger partial charge is 0.351 e. The van der Waals surface area contributed by atoms with Crippen molar-refractivity contribution in [3.63, 3.8) is 0 Å². The fourth-order valence-electron chi connectivity index (χ4n) is 9.12. The summed E-state index contributed by atoms with van der Waals surface area (Å²) in [7, 11) is 3.19. The lowest BCUT2D eigenvalue weighted by Crippen LogP contribution is -2.53. The molecule has 1 amide bonds. The second-order valence-corrected chi connectivity index (χ2v) is 17.7. The molecule has 2 fully saturated rings. The summed E-state index contributed by atoms with van der Waals surface area (Å²) in [5.41, 5.74) is 1.50. The number of esters is 1. The SMILES string of the molecule is CCOC1(O[C@@H]2[C@H](OC(=O)CCC(C)=O)[C@@H](COC(c3ccccc3)(c3ccc(OC)cc3)c3ccc(OC)cc3)O[C@H]2n2ccc(NC(=O)c3ccccc3)nc2=O)CCN(c2ccc(Cl)cc2)CC1. The molecule has 2 aliphatic heterocycles. The number of methoxy groups -OCH3 is 2. The first-order valence-electron chi connectivity index (χ1n) is 23.5. The van der Waals surface area contributed by atoms with Crippen molar-refractivity contribution >= 4 is 40.8 Å². The van der Waals surface area contributed by atoms with E-state index in [-0.39, 0.29) is 37.7 Å². The largest absolute Gasteiger partial charge is 0.497 e. The highest BCUT2D eigenvalue weighted by Gasteiger charge is 2.54. The summed E-state index contributed by atoms with van der Waals surface area (Å²) in [5, 5.41) is 3.32. The van der Waals surface area contributed by atoms with E-state index >= 15 is 0 Å². The van der Waals surface area contributed by atoms with E-state index in [2.05, 4.69) is 15.2 Å². The third-order valence-electron chi connectivity index (χ3n) is 12.7. The number of benzene rings is 5. The van der Waals surface area contributed by atoms with Gasteiger partial charge in [0.2, 0.25) is 0 Å². The second kappa shape index (κ2) is 22.9. The van der Waals surface area contributed by atoms with Gasteiger partial charge in [-0.15, -0.1) is 0 Å². The van der Waals surface area contributed by atoms with E-state index in [0.29, 0.717) is 48.0 Å². The highest BCUT2D eigenvalue weighted by Crippen LogP contribution is 2.45. The molecule has 3 heterocycles. The van der Waals surface area contributed by atoms with Gasteiger partial charge in [0.25, 0.3) is 5.91 Å². The van der Waals surface area contributed by atoms with Crippen molar-refractivity contribution in [2.75, 3.05) is 50.7 Å². The fourth-order valence-corrected chi connectivity index (χ4v) is 9.25. The minimum Gasteiger partial charge on any atom is -0.497 e. The Morgan fingerprint density at radius 2 is 1.37 bits per heavy atom. The Kier molecular flexibility index (Phi) is 16.3. The van der Waals surface area contributed by atoms with Crippen LogP contribution in [0.15, 0.2) is 151 Å². The zero-order valence-corrected chi connectivity index (χ0v) is 40.8.